The molecule has 0 aromatic heterocycles. The van der Waals surface area contributed by atoms with Crippen LogP contribution in [-0.2, 0) is 4.74 Å². The Balaban J connectivity index is 2.28. The average molecular weight is 209 g/mol. The summed E-state index contributed by atoms with van der Waals surface area (Å²) >= 11 is 0. The Morgan fingerprint density at radius 1 is 1.33 bits per heavy atom. The molecule has 1 aromatic rings. The van der Waals surface area contributed by atoms with Gasteiger partial charge in [-0.05, 0) is 24.6 Å². The Morgan fingerprint density at radius 2 is 2.07 bits per heavy atom. The van der Waals surface area contributed by atoms with Gasteiger partial charge in [0.1, 0.15) is 0 Å². The first-order valence-corrected chi connectivity index (χ1v) is 4.90. The molecular formula is C11H15NO3. The van der Waals surface area contributed by atoms with E-state index in [9.17, 15) is 0 Å². The number of ether oxygens (including phenoxy) is 3. The quantitative estimate of drug-likeness (QED) is 0.818. The van der Waals surface area contributed by atoms with Gasteiger partial charge in [0.2, 0.25) is 6.79 Å². The Morgan fingerprint density at radius 3 is 2.73 bits per heavy atom. The Kier molecular flexibility index (Phi) is 2.79. The fourth-order valence-corrected chi connectivity index (χ4v) is 1.74. The topological polar surface area (TPSA) is 53.7 Å². The maximum absolute atomic E-state index is 5.83. The van der Waals surface area contributed by atoms with E-state index in [0.29, 0.717) is 0 Å². The lowest BCUT2D eigenvalue weighted by Crippen LogP contribution is -2.25. The molecule has 4 nitrogen and oxygen atoms in total. The van der Waals surface area contributed by atoms with Crippen LogP contribution in [0.25, 0.3) is 0 Å². The van der Waals surface area contributed by atoms with E-state index in [1.165, 1.54) is 0 Å². The van der Waals surface area contributed by atoms with Crippen LogP contribution in [0.4, 0.5) is 0 Å². The highest BCUT2D eigenvalue weighted by Gasteiger charge is 2.19. The van der Waals surface area contributed by atoms with Gasteiger partial charge < -0.3 is 19.9 Å². The summed E-state index contributed by atoms with van der Waals surface area (Å²) < 4.78 is 15.9. The van der Waals surface area contributed by atoms with Crippen LogP contribution < -0.4 is 15.2 Å². The fourth-order valence-electron chi connectivity index (χ4n) is 1.74. The van der Waals surface area contributed by atoms with Gasteiger partial charge in [-0.2, -0.15) is 0 Å². The molecule has 0 saturated heterocycles. The van der Waals surface area contributed by atoms with Crippen molar-refractivity contribution in [2.75, 3.05) is 13.9 Å². The summed E-state index contributed by atoms with van der Waals surface area (Å²) in [7, 11) is 1.65. The van der Waals surface area contributed by atoms with Crippen LogP contribution >= 0.6 is 0 Å². The van der Waals surface area contributed by atoms with E-state index in [1.807, 2.05) is 25.1 Å². The zero-order chi connectivity index (χ0) is 10.8. The highest BCUT2D eigenvalue weighted by molar-refractivity contribution is 5.45. The molecule has 82 valence electrons. The smallest absolute Gasteiger partial charge is 0.231 e. The van der Waals surface area contributed by atoms with Crippen molar-refractivity contribution in [3.63, 3.8) is 0 Å². The molecule has 0 fully saturated rings. The molecule has 0 amide bonds. The van der Waals surface area contributed by atoms with Crippen LogP contribution in [0.3, 0.4) is 0 Å². The van der Waals surface area contributed by atoms with Gasteiger partial charge in [-0.15, -0.1) is 0 Å². The maximum atomic E-state index is 5.83. The SMILES string of the molecule is COC(c1ccc2c(c1)OCO2)C(C)N. The molecular weight excluding hydrogens is 194 g/mol. The van der Waals surface area contributed by atoms with Crippen LogP contribution in [0, 0.1) is 0 Å². The molecule has 2 unspecified atom stereocenters. The second-order valence-electron chi connectivity index (χ2n) is 3.63. The third-order valence-corrected chi connectivity index (χ3v) is 2.46. The molecule has 2 rings (SSSR count). The molecule has 2 atom stereocenters. The first kappa shape index (κ1) is 10.3. The minimum absolute atomic E-state index is 0.0598. The highest BCUT2D eigenvalue weighted by Crippen LogP contribution is 2.35. The number of hydrogen-bond acceptors (Lipinski definition) is 4. The molecule has 0 bridgehead atoms. The van der Waals surface area contributed by atoms with Crippen molar-refractivity contribution in [3.8, 4) is 11.5 Å². The molecule has 0 saturated carbocycles. The first-order valence-electron chi connectivity index (χ1n) is 4.90. The van der Waals surface area contributed by atoms with Crippen LogP contribution in [0.1, 0.15) is 18.6 Å². The zero-order valence-corrected chi connectivity index (χ0v) is 8.90. The molecule has 0 aliphatic carbocycles. The third kappa shape index (κ3) is 1.91. The van der Waals surface area contributed by atoms with Gasteiger partial charge in [-0.25, -0.2) is 0 Å². The zero-order valence-electron chi connectivity index (χ0n) is 8.90. The second-order valence-corrected chi connectivity index (χ2v) is 3.63. The van der Waals surface area contributed by atoms with Crippen LogP contribution in [0.15, 0.2) is 18.2 Å². The lowest BCUT2D eigenvalue weighted by molar-refractivity contribution is 0.0852. The molecule has 2 N–H and O–H groups in total. The number of benzene rings is 1. The van der Waals surface area contributed by atoms with E-state index >= 15 is 0 Å². The summed E-state index contributed by atoms with van der Waals surface area (Å²) in [6, 6.07) is 5.69. The van der Waals surface area contributed by atoms with E-state index in [0.717, 1.165) is 17.1 Å². The molecule has 1 aliphatic heterocycles. The largest absolute Gasteiger partial charge is 0.454 e. The van der Waals surface area contributed by atoms with Gasteiger partial charge in [0.05, 0.1) is 6.10 Å². The van der Waals surface area contributed by atoms with Gasteiger partial charge in [0, 0.05) is 13.2 Å². The molecule has 1 heterocycles. The predicted molar refractivity (Wildman–Crippen MR) is 56.0 cm³/mol. The molecule has 1 aliphatic rings. The Hall–Kier alpha value is -1.26. The van der Waals surface area contributed by atoms with Gasteiger partial charge in [0.15, 0.2) is 11.5 Å². The van der Waals surface area contributed by atoms with Crippen molar-refractivity contribution in [1.82, 2.24) is 0 Å². The average Bonchev–Trinajstić information content (AvgIpc) is 2.65. The van der Waals surface area contributed by atoms with Crippen LogP contribution in [0.2, 0.25) is 0 Å². The normalized spacial score (nSPS) is 17.5. The number of hydrogen-bond donors (Lipinski definition) is 1. The van der Waals surface area contributed by atoms with Gasteiger partial charge in [0.25, 0.3) is 0 Å². The van der Waals surface area contributed by atoms with Crippen molar-refractivity contribution in [3.05, 3.63) is 23.8 Å². The fraction of sp³-hybridized carbons (Fsp3) is 0.455. The van der Waals surface area contributed by atoms with Crippen molar-refractivity contribution in [2.24, 2.45) is 5.73 Å². The van der Waals surface area contributed by atoms with Crippen molar-refractivity contribution >= 4 is 0 Å². The summed E-state index contributed by atoms with van der Waals surface area (Å²) in [5.74, 6) is 1.54. The highest BCUT2D eigenvalue weighted by atomic mass is 16.7. The lowest BCUT2D eigenvalue weighted by atomic mass is 10.0. The van der Waals surface area contributed by atoms with Crippen molar-refractivity contribution in [1.29, 1.82) is 0 Å². The number of methoxy groups -OCH3 is 1. The predicted octanol–water partition coefficient (Wildman–Crippen LogP) is 1.45. The van der Waals surface area contributed by atoms with Crippen molar-refractivity contribution < 1.29 is 14.2 Å². The number of rotatable bonds is 3. The maximum Gasteiger partial charge on any atom is 0.231 e. The van der Waals surface area contributed by atoms with Gasteiger partial charge in [-0.1, -0.05) is 6.07 Å². The van der Waals surface area contributed by atoms with Crippen LogP contribution in [-0.4, -0.2) is 19.9 Å². The molecule has 0 spiro atoms. The Bertz CT molecular complexity index is 352. The summed E-state index contributed by atoms with van der Waals surface area (Å²) in [5.41, 5.74) is 6.84. The summed E-state index contributed by atoms with van der Waals surface area (Å²) in [6.45, 7) is 2.20. The Labute approximate surface area is 88.9 Å². The first-order chi connectivity index (χ1) is 7.22. The number of nitrogens with two attached hydrogens (primary N) is 1. The van der Waals surface area contributed by atoms with Crippen LogP contribution in [0.5, 0.6) is 11.5 Å². The summed E-state index contributed by atoms with van der Waals surface area (Å²) in [6.07, 6.45) is -0.112. The number of fused-ring (bicyclic) bond motifs is 1. The molecule has 0 radical (unpaired) electrons. The summed E-state index contributed by atoms with van der Waals surface area (Å²) in [4.78, 5) is 0. The molecule has 15 heavy (non-hydrogen) atoms. The standard InChI is InChI=1S/C11H15NO3/c1-7(12)11(13-2)8-3-4-9-10(5-8)15-6-14-9/h3-5,7,11H,6,12H2,1-2H3. The minimum atomic E-state index is -0.112. The van der Waals surface area contributed by atoms with E-state index in [4.69, 9.17) is 19.9 Å². The van der Waals surface area contributed by atoms with E-state index < -0.39 is 0 Å². The third-order valence-electron chi connectivity index (χ3n) is 2.46. The monoisotopic (exact) mass is 209 g/mol. The summed E-state index contributed by atoms with van der Waals surface area (Å²) in [5, 5.41) is 0. The second kappa shape index (κ2) is 4.08. The van der Waals surface area contributed by atoms with Gasteiger partial charge in [-0.3, -0.25) is 0 Å². The van der Waals surface area contributed by atoms with E-state index in [2.05, 4.69) is 0 Å². The van der Waals surface area contributed by atoms with E-state index in [-0.39, 0.29) is 18.9 Å². The lowest BCUT2D eigenvalue weighted by Gasteiger charge is -2.19. The van der Waals surface area contributed by atoms with Gasteiger partial charge >= 0.3 is 0 Å². The minimum Gasteiger partial charge on any atom is -0.454 e. The molecule has 1 aromatic carbocycles. The molecule has 4 heteroatoms. The van der Waals surface area contributed by atoms with E-state index in [1.54, 1.807) is 7.11 Å². The van der Waals surface area contributed by atoms with Crippen molar-refractivity contribution in [2.45, 2.75) is 19.1 Å².